The largest absolute Gasteiger partial charge is 0.486 e. The summed E-state index contributed by atoms with van der Waals surface area (Å²) in [7, 11) is 0. The molecule has 1 heterocycles. The second-order valence-electron chi connectivity index (χ2n) is 5.03. The first-order valence-corrected chi connectivity index (χ1v) is 7.22. The van der Waals surface area contributed by atoms with Crippen molar-refractivity contribution in [3.05, 3.63) is 22.7 Å². The van der Waals surface area contributed by atoms with E-state index in [9.17, 15) is 4.79 Å². The Morgan fingerprint density at radius 1 is 1.30 bits per heavy atom. The number of ether oxygens (including phenoxy) is 2. The lowest BCUT2D eigenvalue weighted by Gasteiger charge is -2.20. The topological polar surface area (TPSA) is 59.6 Å². The van der Waals surface area contributed by atoms with Crippen LogP contribution in [0.5, 0.6) is 11.5 Å². The van der Waals surface area contributed by atoms with E-state index >= 15 is 0 Å². The molecule has 0 bridgehead atoms. The molecule has 0 saturated heterocycles. The minimum Gasteiger partial charge on any atom is -0.486 e. The number of urea groups is 1. The van der Waals surface area contributed by atoms with E-state index in [0.29, 0.717) is 48.7 Å². The van der Waals surface area contributed by atoms with Crippen LogP contribution in [0.3, 0.4) is 0 Å². The predicted octanol–water partition coefficient (Wildman–Crippen LogP) is 2.12. The van der Waals surface area contributed by atoms with Crippen molar-refractivity contribution in [1.29, 1.82) is 0 Å². The SMILES string of the molecule is O=C(NCCc1cc(Cl)c2c(c1)OCCO2)NC1CC1. The van der Waals surface area contributed by atoms with Crippen LogP contribution in [0.25, 0.3) is 0 Å². The zero-order valence-electron chi connectivity index (χ0n) is 11.1. The molecule has 6 heteroatoms. The average Bonchev–Trinajstić information content (AvgIpc) is 3.23. The Balaban J connectivity index is 1.54. The van der Waals surface area contributed by atoms with Gasteiger partial charge in [-0.05, 0) is 37.0 Å². The number of amides is 2. The van der Waals surface area contributed by atoms with Gasteiger partial charge in [0.05, 0.1) is 5.02 Å². The van der Waals surface area contributed by atoms with Crippen LogP contribution in [-0.2, 0) is 6.42 Å². The maximum Gasteiger partial charge on any atom is 0.315 e. The molecule has 1 aliphatic heterocycles. The van der Waals surface area contributed by atoms with Gasteiger partial charge in [-0.15, -0.1) is 0 Å². The predicted molar refractivity (Wildman–Crippen MR) is 75.7 cm³/mol. The highest BCUT2D eigenvalue weighted by atomic mass is 35.5. The standard InChI is InChI=1S/C14H17ClN2O3/c15-11-7-9(8-12-13(11)20-6-5-19-12)3-4-16-14(18)17-10-1-2-10/h7-8,10H,1-6H2,(H2,16,17,18). The highest BCUT2D eigenvalue weighted by molar-refractivity contribution is 6.32. The van der Waals surface area contributed by atoms with Crippen LogP contribution >= 0.6 is 11.6 Å². The van der Waals surface area contributed by atoms with Gasteiger partial charge in [-0.25, -0.2) is 4.79 Å². The Labute approximate surface area is 122 Å². The lowest BCUT2D eigenvalue weighted by atomic mass is 10.1. The zero-order chi connectivity index (χ0) is 13.9. The van der Waals surface area contributed by atoms with Crippen LogP contribution in [0.4, 0.5) is 4.79 Å². The number of hydrogen-bond acceptors (Lipinski definition) is 3. The number of hydrogen-bond donors (Lipinski definition) is 2. The Morgan fingerprint density at radius 2 is 2.10 bits per heavy atom. The van der Waals surface area contributed by atoms with Crippen molar-refractivity contribution in [2.24, 2.45) is 0 Å². The summed E-state index contributed by atoms with van der Waals surface area (Å²) in [5, 5.41) is 6.27. The molecule has 0 radical (unpaired) electrons. The van der Waals surface area contributed by atoms with Crippen LogP contribution in [0.2, 0.25) is 5.02 Å². The van der Waals surface area contributed by atoms with Gasteiger partial charge in [0.2, 0.25) is 0 Å². The summed E-state index contributed by atoms with van der Waals surface area (Å²) >= 11 is 6.16. The van der Waals surface area contributed by atoms with E-state index in [0.717, 1.165) is 18.4 Å². The molecule has 0 aromatic heterocycles. The third kappa shape index (κ3) is 3.28. The van der Waals surface area contributed by atoms with Crippen molar-refractivity contribution in [1.82, 2.24) is 10.6 Å². The monoisotopic (exact) mass is 296 g/mol. The Morgan fingerprint density at radius 3 is 2.90 bits per heavy atom. The summed E-state index contributed by atoms with van der Waals surface area (Å²) in [6, 6.07) is 4.05. The maximum absolute atomic E-state index is 11.5. The van der Waals surface area contributed by atoms with Gasteiger partial charge in [0, 0.05) is 12.6 Å². The van der Waals surface area contributed by atoms with Crippen LogP contribution < -0.4 is 20.1 Å². The van der Waals surface area contributed by atoms with Gasteiger partial charge in [0.15, 0.2) is 11.5 Å². The van der Waals surface area contributed by atoms with E-state index in [1.165, 1.54) is 0 Å². The van der Waals surface area contributed by atoms with Crippen molar-refractivity contribution in [3.63, 3.8) is 0 Å². The quantitative estimate of drug-likeness (QED) is 0.895. The number of carbonyl (C=O) groups is 1. The molecule has 3 rings (SSSR count). The number of halogens is 1. The highest BCUT2D eigenvalue weighted by Crippen LogP contribution is 2.38. The molecule has 5 nitrogen and oxygen atoms in total. The van der Waals surface area contributed by atoms with Crippen LogP contribution in [0, 0.1) is 0 Å². The van der Waals surface area contributed by atoms with E-state index in [1.54, 1.807) is 0 Å². The molecule has 1 saturated carbocycles. The molecule has 1 aromatic rings. The van der Waals surface area contributed by atoms with Gasteiger partial charge in [-0.1, -0.05) is 11.6 Å². The lowest BCUT2D eigenvalue weighted by molar-refractivity contribution is 0.171. The minimum absolute atomic E-state index is 0.101. The second kappa shape index (κ2) is 5.79. The lowest BCUT2D eigenvalue weighted by Crippen LogP contribution is -2.37. The fourth-order valence-electron chi connectivity index (χ4n) is 2.09. The summed E-state index contributed by atoms with van der Waals surface area (Å²) in [5.74, 6) is 1.29. The van der Waals surface area contributed by atoms with E-state index in [-0.39, 0.29) is 6.03 Å². The zero-order valence-corrected chi connectivity index (χ0v) is 11.8. The fraction of sp³-hybridized carbons (Fsp3) is 0.500. The van der Waals surface area contributed by atoms with E-state index in [2.05, 4.69) is 10.6 Å². The fourth-order valence-corrected chi connectivity index (χ4v) is 2.38. The summed E-state index contributed by atoms with van der Waals surface area (Å²) in [4.78, 5) is 11.5. The van der Waals surface area contributed by atoms with Crippen LogP contribution in [-0.4, -0.2) is 31.8 Å². The van der Waals surface area contributed by atoms with Crippen molar-refractivity contribution in [3.8, 4) is 11.5 Å². The Bertz CT molecular complexity index is 517. The number of nitrogens with one attached hydrogen (secondary N) is 2. The van der Waals surface area contributed by atoms with Crippen LogP contribution in [0.15, 0.2) is 12.1 Å². The van der Waals surface area contributed by atoms with Gasteiger partial charge in [0.25, 0.3) is 0 Å². The summed E-state index contributed by atoms with van der Waals surface area (Å²) in [6.07, 6.45) is 2.88. The first kappa shape index (κ1) is 13.4. The summed E-state index contributed by atoms with van der Waals surface area (Å²) < 4.78 is 11.0. The second-order valence-corrected chi connectivity index (χ2v) is 5.43. The smallest absolute Gasteiger partial charge is 0.315 e. The minimum atomic E-state index is -0.101. The number of fused-ring (bicyclic) bond motifs is 1. The van der Waals surface area contributed by atoms with Gasteiger partial charge >= 0.3 is 6.03 Å². The highest BCUT2D eigenvalue weighted by Gasteiger charge is 2.23. The molecule has 0 atom stereocenters. The molecular formula is C14H17ClN2O3. The molecule has 0 spiro atoms. The van der Waals surface area contributed by atoms with E-state index < -0.39 is 0 Å². The number of rotatable bonds is 4. The molecule has 1 fully saturated rings. The van der Waals surface area contributed by atoms with Crippen molar-refractivity contribution in [2.75, 3.05) is 19.8 Å². The molecule has 108 valence electrons. The first-order chi connectivity index (χ1) is 9.72. The summed E-state index contributed by atoms with van der Waals surface area (Å²) in [5.41, 5.74) is 1.02. The maximum atomic E-state index is 11.5. The number of carbonyl (C=O) groups excluding carboxylic acids is 1. The Hall–Kier alpha value is -1.62. The molecule has 2 amide bonds. The molecule has 1 aromatic carbocycles. The molecule has 2 N–H and O–H groups in total. The van der Waals surface area contributed by atoms with Crippen LogP contribution in [0.1, 0.15) is 18.4 Å². The third-order valence-corrected chi connectivity index (χ3v) is 3.55. The van der Waals surface area contributed by atoms with Crippen molar-refractivity contribution >= 4 is 17.6 Å². The average molecular weight is 297 g/mol. The molecule has 20 heavy (non-hydrogen) atoms. The molecule has 2 aliphatic rings. The Kier molecular flexibility index (Phi) is 3.87. The van der Waals surface area contributed by atoms with E-state index in [1.807, 2.05) is 12.1 Å². The third-order valence-electron chi connectivity index (χ3n) is 3.27. The molecular weight excluding hydrogens is 280 g/mol. The normalized spacial score (nSPS) is 16.6. The van der Waals surface area contributed by atoms with Crippen molar-refractivity contribution in [2.45, 2.75) is 25.3 Å². The van der Waals surface area contributed by atoms with Gasteiger partial charge in [0.1, 0.15) is 13.2 Å². The molecule has 1 aliphatic carbocycles. The number of benzene rings is 1. The molecule has 0 unspecified atom stereocenters. The first-order valence-electron chi connectivity index (χ1n) is 6.85. The van der Waals surface area contributed by atoms with E-state index in [4.69, 9.17) is 21.1 Å². The van der Waals surface area contributed by atoms with Gasteiger partial charge in [-0.3, -0.25) is 0 Å². The van der Waals surface area contributed by atoms with Gasteiger partial charge < -0.3 is 20.1 Å². The van der Waals surface area contributed by atoms with Crippen molar-refractivity contribution < 1.29 is 14.3 Å². The van der Waals surface area contributed by atoms with Gasteiger partial charge in [-0.2, -0.15) is 0 Å². The summed E-state index contributed by atoms with van der Waals surface area (Å²) in [6.45, 7) is 1.62.